The van der Waals surface area contributed by atoms with Crippen LogP contribution in [0.25, 0.3) is 0 Å². The quantitative estimate of drug-likeness (QED) is 0.872. The Balaban J connectivity index is 1.91. The van der Waals surface area contributed by atoms with Crippen molar-refractivity contribution in [2.45, 2.75) is 44.2 Å². The summed E-state index contributed by atoms with van der Waals surface area (Å²) in [6.07, 6.45) is 4.77. The Hall–Kier alpha value is -0.900. The highest BCUT2D eigenvalue weighted by molar-refractivity contribution is 5.15. The third kappa shape index (κ3) is 4.29. The maximum Gasteiger partial charge on any atom is 0.0306 e. The molecule has 1 saturated heterocycles. The van der Waals surface area contributed by atoms with E-state index in [1.165, 1.54) is 31.5 Å². The minimum Gasteiger partial charge on any atom is -0.329 e. The number of hydrogen-bond acceptors (Lipinski definition) is 3. The van der Waals surface area contributed by atoms with Gasteiger partial charge < -0.3 is 10.6 Å². The van der Waals surface area contributed by atoms with Crippen molar-refractivity contribution in [2.24, 2.45) is 5.73 Å². The first-order chi connectivity index (χ1) is 10.0. The summed E-state index contributed by atoms with van der Waals surface area (Å²) < 4.78 is 0. The molecular weight excluding hydrogens is 258 g/mol. The Kier molecular flexibility index (Phi) is 5.80. The number of aryl methyl sites for hydroxylation is 1. The predicted molar refractivity (Wildman–Crippen MR) is 90.5 cm³/mol. The molecule has 1 aliphatic rings. The summed E-state index contributed by atoms with van der Waals surface area (Å²) in [5.74, 6) is 0. The molecule has 1 fully saturated rings. The molecule has 0 saturated carbocycles. The zero-order valence-electron chi connectivity index (χ0n) is 13.9. The lowest BCUT2D eigenvalue weighted by Gasteiger charge is -2.45. The lowest BCUT2D eigenvalue weighted by Crippen LogP contribution is -2.56. The molecule has 1 aromatic carbocycles. The molecule has 1 unspecified atom stereocenters. The highest BCUT2D eigenvalue weighted by Crippen LogP contribution is 2.26. The number of piperidine rings is 1. The Morgan fingerprint density at radius 2 is 1.81 bits per heavy atom. The standard InChI is InChI=1S/C18H31N3/c1-18(15-19,12-9-16-7-5-4-6-8-16)21-13-10-17(11-14-21)20(2)3/h4-8,17H,9-15,19H2,1-3H3. The van der Waals surface area contributed by atoms with Gasteiger partial charge in [-0.05, 0) is 52.3 Å². The van der Waals surface area contributed by atoms with E-state index in [0.29, 0.717) is 0 Å². The average Bonchev–Trinajstić information content (AvgIpc) is 2.53. The van der Waals surface area contributed by atoms with Gasteiger partial charge in [-0.25, -0.2) is 0 Å². The highest BCUT2D eigenvalue weighted by Gasteiger charge is 2.33. The van der Waals surface area contributed by atoms with Crippen molar-refractivity contribution in [3.05, 3.63) is 35.9 Å². The molecule has 1 aromatic rings. The predicted octanol–water partition coefficient (Wildman–Crippen LogP) is 2.36. The minimum atomic E-state index is 0.132. The Bertz CT molecular complexity index is 410. The van der Waals surface area contributed by atoms with Gasteiger partial charge >= 0.3 is 0 Å². The Morgan fingerprint density at radius 3 is 2.33 bits per heavy atom. The number of rotatable bonds is 6. The first-order valence-electron chi connectivity index (χ1n) is 8.20. The first-order valence-corrected chi connectivity index (χ1v) is 8.20. The molecule has 1 atom stereocenters. The number of benzene rings is 1. The van der Waals surface area contributed by atoms with Crippen LogP contribution in [0.15, 0.2) is 30.3 Å². The smallest absolute Gasteiger partial charge is 0.0306 e. The van der Waals surface area contributed by atoms with E-state index in [4.69, 9.17) is 5.73 Å². The van der Waals surface area contributed by atoms with Gasteiger partial charge in [-0.1, -0.05) is 30.3 Å². The van der Waals surface area contributed by atoms with Gasteiger partial charge in [0.2, 0.25) is 0 Å². The van der Waals surface area contributed by atoms with Crippen LogP contribution in [0, 0.1) is 0 Å². The molecule has 3 nitrogen and oxygen atoms in total. The van der Waals surface area contributed by atoms with Crippen molar-refractivity contribution in [3.63, 3.8) is 0 Å². The van der Waals surface area contributed by atoms with Gasteiger partial charge in [0.05, 0.1) is 0 Å². The van der Waals surface area contributed by atoms with Crippen LogP contribution in [0.5, 0.6) is 0 Å². The molecule has 2 rings (SSSR count). The molecule has 118 valence electrons. The summed E-state index contributed by atoms with van der Waals surface area (Å²) in [6.45, 7) is 5.43. The van der Waals surface area contributed by atoms with Crippen LogP contribution in [0.2, 0.25) is 0 Å². The largest absolute Gasteiger partial charge is 0.329 e. The molecule has 0 aromatic heterocycles. The number of likely N-dealkylation sites (tertiary alicyclic amines) is 1. The van der Waals surface area contributed by atoms with E-state index < -0.39 is 0 Å². The van der Waals surface area contributed by atoms with E-state index in [1.807, 2.05) is 0 Å². The van der Waals surface area contributed by atoms with Crippen molar-refractivity contribution in [1.29, 1.82) is 0 Å². The first kappa shape index (κ1) is 16.5. The fourth-order valence-electron chi connectivity index (χ4n) is 3.37. The summed E-state index contributed by atoms with van der Waals surface area (Å²) in [6, 6.07) is 11.5. The van der Waals surface area contributed by atoms with E-state index in [1.54, 1.807) is 0 Å². The number of nitrogens with zero attached hydrogens (tertiary/aromatic N) is 2. The molecule has 0 radical (unpaired) electrons. The van der Waals surface area contributed by atoms with Crippen molar-refractivity contribution in [2.75, 3.05) is 33.7 Å². The summed E-state index contributed by atoms with van der Waals surface area (Å²) in [5.41, 5.74) is 7.69. The number of hydrogen-bond donors (Lipinski definition) is 1. The van der Waals surface area contributed by atoms with E-state index in [9.17, 15) is 0 Å². The van der Waals surface area contributed by atoms with Crippen LogP contribution < -0.4 is 5.73 Å². The molecule has 2 N–H and O–H groups in total. The highest BCUT2D eigenvalue weighted by atomic mass is 15.2. The van der Waals surface area contributed by atoms with Gasteiger partial charge in [0.25, 0.3) is 0 Å². The summed E-state index contributed by atoms with van der Waals surface area (Å²) in [4.78, 5) is 4.98. The van der Waals surface area contributed by atoms with Crippen molar-refractivity contribution >= 4 is 0 Å². The van der Waals surface area contributed by atoms with Crippen LogP contribution in [0.1, 0.15) is 31.7 Å². The number of nitrogens with two attached hydrogens (primary N) is 1. The van der Waals surface area contributed by atoms with Gasteiger partial charge in [0.1, 0.15) is 0 Å². The van der Waals surface area contributed by atoms with Gasteiger partial charge in [0, 0.05) is 31.2 Å². The van der Waals surface area contributed by atoms with Gasteiger partial charge in [-0.15, -0.1) is 0 Å². The lowest BCUT2D eigenvalue weighted by atomic mass is 9.88. The Morgan fingerprint density at radius 1 is 1.19 bits per heavy atom. The molecule has 0 spiro atoms. The monoisotopic (exact) mass is 289 g/mol. The molecule has 0 amide bonds. The molecular formula is C18H31N3. The van der Waals surface area contributed by atoms with Crippen LogP contribution >= 0.6 is 0 Å². The maximum atomic E-state index is 6.14. The fourth-order valence-corrected chi connectivity index (χ4v) is 3.37. The maximum absolute atomic E-state index is 6.14. The molecule has 1 aliphatic heterocycles. The van der Waals surface area contributed by atoms with E-state index in [0.717, 1.165) is 25.4 Å². The fraction of sp³-hybridized carbons (Fsp3) is 0.667. The molecule has 1 heterocycles. The molecule has 3 heteroatoms. The van der Waals surface area contributed by atoms with Crippen molar-refractivity contribution in [1.82, 2.24) is 9.80 Å². The van der Waals surface area contributed by atoms with Gasteiger partial charge in [-0.2, -0.15) is 0 Å². The average molecular weight is 289 g/mol. The summed E-state index contributed by atoms with van der Waals surface area (Å²) in [7, 11) is 4.38. The Labute approximate surface area is 130 Å². The van der Waals surface area contributed by atoms with Crippen molar-refractivity contribution < 1.29 is 0 Å². The van der Waals surface area contributed by atoms with E-state index in [-0.39, 0.29) is 5.54 Å². The van der Waals surface area contributed by atoms with Crippen molar-refractivity contribution in [3.8, 4) is 0 Å². The second-order valence-electron chi connectivity index (χ2n) is 6.87. The normalized spacial score (nSPS) is 20.6. The van der Waals surface area contributed by atoms with Crippen LogP contribution in [0.4, 0.5) is 0 Å². The van der Waals surface area contributed by atoms with E-state index >= 15 is 0 Å². The second-order valence-corrected chi connectivity index (χ2v) is 6.87. The molecule has 21 heavy (non-hydrogen) atoms. The third-order valence-corrected chi connectivity index (χ3v) is 5.19. The van der Waals surface area contributed by atoms with Crippen LogP contribution in [0.3, 0.4) is 0 Å². The van der Waals surface area contributed by atoms with Gasteiger partial charge in [0.15, 0.2) is 0 Å². The third-order valence-electron chi connectivity index (χ3n) is 5.19. The van der Waals surface area contributed by atoms with Gasteiger partial charge in [-0.3, -0.25) is 4.90 Å². The topological polar surface area (TPSA) is 32.5 Å². The molecule has 0 bridgehead atoms. The molecule has 0 aliphatic carbocycles. The van der Waals surface area contributed by atoms with Crippen LogP contribution in [-0.4, -0.2) is 55.1 Å². The minimum absolute atomic E-state index is 0.132. The lowest BCUT2D eigenvalue weighted by molar-refractivity contribution is 0.0507. The zero-order valence-corrected chi connectivity index (χ0v) is 13.9. The SMILES string of the molecule is CN(C)C1CCN(C(C)(CN)CCc2ccccc2)CC1. The summed E-state index contributed by atoms with van der Waals surface area (Å²) >= 11 is 0. The zero-order chi connectivity index (χ0) is 15.3. The van der Waals surface area contributed by atoms with E-state index in [2.05, 4.69) is 61.2 Å². The van der Waals surface area contributed by atoms with Crippen LogP contribution in [-0.2, 0) is 6.42 Å². The summed E-state index contributed by atoms with van der Waals surface area (Å²) in [5, 5.41) is 0. The second kappa shape index (κ2) is 7.39.